The Hall–Kier alpha value is -2.45. The summed E-state index contributed by atoms with van der Waals surface area (Å²) in [7, 11) is 6.70. The van der Waals surface area contributed by atoms with E-state index >= 15 is 0 Å². The number of aliphatic hydroxyl groups is 2. The minimum absolute atomic E-state index is 0.0358. The Bertz CT molecular complexity index is 1560. The van der Waals surface area contributed by atoms with Crippen molar-refractivity contribution in [3.05, 3.63) is 29.8 Å². The van der Waals surface area contributed by atoms with E-state index in [1.807, 2.05) is 0 Å². The molecule has 2 aliphatic heterocycles. The number of carbonyl (C=O) groups is 3. The lowest BCUT2D eigenvalue weighted by molar-refractivity contribution is -0.320. The number of para-hydroxylation sites is 1. The van der Waals surface area contributed by atoms with Gasteiger partial charge in [0.1, 0.15) is 11.2 Å². The van der Waals surface area contributed by atoms with Crippen LogP contribution in [0.25, 0.3) is 0 Å². The van der Waals surface area contributed by atoms with E-state index in [-0.39, 0.29) is 84.5 Å². The van der Waals surface area contributed by atoms with Gasteiger partial charge in [0.05, 0.1) is 48.3 Å². The van der Waals surface area contributed by atoms with E-state index in [0.717, 1.165) is 11.3 Å². The van der Waals surface area contributed by atoms with E-state index in [1.165, 1.54) is 0 Å². The standard InChI is InChI=1S/C37H50N2O10/c1-7-38-17-34(18-49-32(42)20-10-8-9-11-23(20)39-26(40)14-19(2)31(39)41)13-12-25(46-4)36-22-15-21-24(45-3)16-35(43,27(22)28(21)47-5)37(44,33(36)38)30(48-6)29(34)36/h8-11,19,21-22,24-25,27-30,33,43-44H,7,12-18H2,1-6H3/t19?,21-,22-,24+,25+,27-,28+,29-,30+,33?,34+,35-,36+,37-/m1/s1. The Morgan fingerprint density at radius 2 is 1.80 bits per heavy atom. The van der Waals surface area contributed by atoms with E-state index in [4.69, 9.17) is 23.7 Å². The van der Waals surface area contributed by atoms with E-state index in [9.17, 15) is 24.6 Å². The molecule has 268 valence electrons. The van der Waals surface area contributed by atoms with Crippen LogP contribution in [-0.2, 0) is 33.3 Å². The van der Waals surface area contributed by atoms with Gasteiger partial charge in [-0.2, -0.15) is 0 Å². The third-order valence-electron chi connectivity index (χ3n) is 14.5. The summed E-state index contributed by atoms with van der Waals surface area (Å²) in [6, 6.07) is 6.12. The quantitative estimate of drug-likeness (QED) is 0.292. The minimum Gasteiger partial charge on any atom is -0.461 e. The average molecular weight is 683 g/mol. The topological polar surface area (TPSA) is 144 Å². The molecule has 49 heavy (non-hydrogen) atoms. The summed E-state index contributed by atoms with van der Waals surface area (Å²) in [4.78, 5) is 43.3. The molecule has 14 atom stereocenters. The van der Waals surface area contributed by atoms with Gasteiger partial charge in [-0.1, -0.05) is 26.0 Å². The lowest BCUT2D eigenvalue weighted by atomic mass is 9.42. The lowest BCUT2D eigenvalue weighted by Crippen LogP contribution is -2.82. The molecular formula is C37H50N2O10. The van der Waals surface area contributed by atoms with Crippen molar-refractivity contribution in [2.24, 2.45) is 40.4 Å². The summed E-state index contributed by atoms with van der Waals surface area (Å²) in [5, 5.41) is 26.6. The number of amides is 2. The molecule has 1 spiro atoms. The molecule has 0 aromatic heterocycles. The van der Waals surface area contributed by atoms with Gasteiger partial charge in [0, 0.05) is 82.3 Å². The normalized spacial score (nSPS) is 48.0. The minimum atomic E-state index is -1.70. The second kappa shape index (κ2) is 11.3. The highest BCUT2D eigenvalue weighted by atomic mass is 16.5. The van der Waals surface area contributed by atoms with Gasteiger partial charge in [-0.05, 0) is 43.9 Å². The molecule has 7 fully saturated rings. The number of imide groups is 1. The van der Waals surface area contributed by atoms with Gasteiger partial charge in [-0.15, -0.1) is 0 Å². The molecule has 1 aromatic carbocycles. The van der Waals surface area contributed by atoms with Gasteiger partial charge in [-0.3, -0.25) is 14.5 Å². The molecule has 0 radical (unpaired) electrons. The predicted molar refractivity (Wildman–Crippen MR) is 174 cm³/mol. The van der Waals surface area contributed by atoms with Crippen molar-refractivity contribution in [2.45, 2.75) is 87.6 Å². The molecule has 12 nitrogen and oxygen atoms in total. The van der Waals surface area contributed by atoms with Crippen LogP contribution < -0.4 is 4.90 Å². The van der Waals surface area contributed by atoms with Crippen molar-refractivity contribution in [1.82, 2.24) is 4.90 Å². The smallest absolute Gasteiger partial charge is 0.340 e. The highest BCUT2D eigenvalue weighted by molar-refractivity contribution is 6.22. The van der Waals surface area contributed by atoms with Crippen LogP contribution in [0.15, 0.2) is 24.3 Å². The van der Waals surface area contributed by atoms with Crippen LogP contribution >= 0.6 is 0 Å². The zero-order chi connectivity index (χ0) is 34.8. The summed E-state index contributed by atoms with van der Waals surface area (Å²) in [5.74, 6) is -2.47. The number of likely N-dealkylation sites (N-methyl/N-ethyl adjacent to an activating group) is 1. The van der Waals surface area contributed by atoms with Gasteiger partial charge in [0.2, 0.25) is 11.8 Å². The van der Waals surface area contributed by atoms with E-state index in [2.05, 4.69) is 11.8 Å². The third-order valence-corrected chi connectivity index (χ3v) is 14.5. The first-order valence-electron chi connectivity index (χ1n) is 17.9. The van der Waals surface area contributed by atoms with E-state index in [1.54, 1.807) is 59.6 Å². The van der Waals surface area contributed by atoms with Crippen molar-refractivity contribution in [2.75, 3.05) is 53.0 Å². The number of rotatable bonds is 9. The number of methoxy groups -OCH3 is 4. The molecule has 8 rings (SSSR count). The fourth-order valence-corrected chi connectivity index (χ4v) is 13.2. The zero-order valence-electron chi connectivity index (χ0n) is 29.3. The largest absolute Gasteiger partial charge is 0.461 e. The predicted octanol–water partition coefficient (Wildman–Crippen LogP) is 2.04. The van der Waals surface area contributed by atoms with Crippen LogP contribution in [0.1, 0.15) is 56.3 Å². The number of likely N-dealkylation sites (tertiary alicyclic amines) is 1. The lowest BCUT2D eigenvalue weighted by Gasteiger charge is -2.70. The molecule has 2 amide bonds. The molecule has 2 N–H and O–H groups in total. The number of carbonyl (C=O) groups excluding carboxylic acids is 3. The fraction of sp³-hybridized carbons (Fsp3) is 0.757. The first-order valence-corrected chi connectivity index (χ1v) is 17.9. The van der Waals surface area contributed by atoms with Gasteiger partial charge >= 0.3 is 5.97 Å². The summed E-state index contributed by atoms with van der Waals surface area (Å²) >= 11 is 0. The van der Waals surface area contributed by atoms with Gasteiger partial charge in [0.25, 0.3) is 0 Å². The molecule has 12 heteroatoms. The molecular weight excluding hydrogens is 632 g/mol. The molecule has 1 aromatic rings. The molecule has 2 saturated heterocycles. The number of benzene rings is 1. The Kier molecular flexibility index (Phi) is 7.75. The maximum Gasteiger partial charge on any atom is 0.340 e. The highest BCUT2D eigenvalue weighted by Crippen LogP contribution is 2.80. The number of nitrogens with zero attached hydrogens (tertiary/aromatic N) is 2. The van der Waals surface area contributed by atoms with E-state index < -0.39 is 46.1 Å². The Balaban J connectivity index is 1.23. The van der Waals surface area contributed by atoms with Crippen LogP contribution in [-0.4, -0.2) is 123 Å². The number of hydrogen-bond acceptors (Lipinski definition) is 11. The number of ether oxygens (including phenoxy) is 5. The van der Waals surface area contributed by atoms with Crippen molar-refractivity contribution in [1.29, 1.82) is 0 Å². The molecule has 7 aliphatic rings. The molecule has 2 heterocycles. The second-order valence-corrected chi connectivity index (χ2v) is 16.0. The maximum absolute atomic E-state index is 14.1. The second-order valence-electron chi connectivity index (χ2n) is 16.0. The van der Waals surface area contributed by atoms with Gasteiger partial charge < -0.3 is 33.9 Å². The first-order chi connectivity index (χ1) is 23.4. The molecule has 5 aliphatic carbocycles. The van der Waals surface area contributed by atoms with Crippen LogP contribution in [0.5, 0.6) is 0 Å². The zero-order valence-corrected chi connectivity index (χ0v) is 29.3. The Labute approximate surface area is 287 Å². The Morgan fingerprint density at radius 3 is 2.43 bits per heavy atom. The third kappa shape index (κ3) is 3.86. The number of piperidine rings is 1. The number of hydrogen-bond donors (Lipinski definition) is 2. The molecule has 5 saturated carbocycles. The number of esters is 1. The van der Waals surface area contributed by atoms with Crippen LogP contribution in [0.4, 0.5) is 5.69 Å². The molecule has 7 bridgehead atoms. The van der Waals surface area contributed by atoms with Crippen molar-refractivity contribution < 1.29 is 48.3 Å². The summed E-state index contributed by atoms with van der Waals surface area (Å²) in [6.07, 6.45) is 0.813. The summed E-state index contributed by atoms with van der Waals surface area (Å²) in [6.45, 7) is 4.95. The Morgan fingerprint density at radius 1 is 1.04 bits per heavy atom. The first kappa shape index (κ1) is 33.7. The highest BCUT2D eigenvalue weighted by Gasteiger charge is 2.91. The average Bonchev–Trinajstić information content (AvgIpc) is 3.63. The van der Waals surface area contributed by atoms with Crippen molar-refractivity contribution in [3.8, 4) is 0 Å². The van der Waals surface area contributed by atoms with Gasteiger partial charge in [0.15, 0.2) is 0 Å². The SMILES string of the molecule is CCN1C[C@]2(COC(=O)c3ccccc3N3C(=O)CC(C)C3=O)CC[C@H](OC)[C@]34C1[C@](O)([C@@H](OC)[C@H]23)[C@@]1(O)C[C@H](OC)[C@H]2C[C@@H]4[C@@H]1[C@H]2OC. The maximum atomic E-state index is 14.1. The van der Waals surface area contributed by atoms with E-state index in [0.29, 0.717) is 25.9 Å². The fourth-order valence-electron chi connectivity index (χ4n) is 13.2. The van der Waals surface area contributed by atoms with Crippen LogP contribution in [0.2, 0.25) is 0 Å². The monoisotopic (exact) mass is 682 g/mol. The number of fused-ring (bicyclic) bond motifs is 2. The van der Waals surface area contributed by atoms with Crippen molar-refractivity contribution in [3.63, 3.8) is 0 Å². The van der Waals surface area contributed by atoms with Gasteiger partial charge in [-0.25, -0.2) is 9.69 Å². The summed E-state index contributed by atoms with van der Waals surface area (Å²) < 4.78 is 31.4. The van der Waals surface area contributed by atoms with Crippen LogP contribution in [0.3, 0.4) is 0 Å². The number of anilines is 1. The summed E-state index contributed by atoms with van der Waals surface area (Å²) in [5.41, 5.74) is -4.17. The van der Waals surface area contributed by atoms with Crippen LogP contribution in [0, 0.1) is 40.4 Å². The van der Waals surface area contributed by atoms with Crippen molar-refractivity contribution >= 4 is 23.5 Å². The molecule has 2 unspecified atom stereocenters.